The summed E-state index contributed by atoms with van der Waals surface area (Å²) in [7, 11) is -1.19. The van der Waals surface area contributed by atoms with Crippen LogP contribution in [0.25, 0.3) is 11.0 Å². The van der Waals surface area contributed by atoms with Crippen LogP contribution in [0.1, 0.15) is 50.4 Å². The number of likely N-dealkylation sites (tertiary alicyclic amines) is 1. The van der Waals surface area contributed by atoms with Crippen molar-refractivity contribution in [3.8, 4) is 0 Å². The minimum atomic E-state index is -3.16. The summed E-state index contributed by atoms with van der Waals surface area (Å²) in [6, 6.07) is 7.28. The summed E-state index contributed by atoms with van der Waals surface area (Å²) in [6.07, 6.45) is 3.55. The topological polar surface area (TPSA) is 105 Å². The molecule has 0 bridgehead atoms. The fourth-order valence-electron chi connectivity index (χ4n) is 5.05. The second-order valence-electron chi connectivity index (χ2n) is 8.87. The Bertz CT molecular complexity index is 1220. The van der Waals surface area contributed by atoms with E-state index in [0.29, 0.717) is 18.7 Å². The van der Waals surface area contributed by atoms with Crippen molar-refractivity contribution < 1.29 is 18.0 Å². The molecule has 10 heteroatoms. The van der Waals surface area contributed by atoms with Crippen molar-refractivity contribution in [3.05, 3.63) is 30.1 Å². The first kappa shape index (κ1) is 21.1. The smallest absolute Gasteiger partial charge is 0.270 e. The number of piperidine rings is 1. The summed E-state index contributed by atoms with van der Waals surface area (Å²) >= 11 is 0. The van der Waals surface area contributed by atoms with E-state index < -0.39 is 15.9 Å². The number of benzene rings is 1. The van der Waals surface area contributed by atoms with E-state index in [4.69, 9.17) is 4.98 Å². The minimum Gasteiger partial charge on any atom is -0.329 e. The van der Waals surface area contributed by atoms with Gasteiger partial charge in [0.2, 0.25) is 5.91 Å². The molecule has 3 aliphatic heterocycles. The lowest BCUT2D eigenvalue weighted by Gasteiger charge is -2.36. The first-order chi connectivity index (χ1) is 15.3. The highest BCUT2D eigenvalue weighted by molar-refractivity contribution is 7.91. The molecule has 2 unspecified atom stereocenters. The first-order valence-corrected chi connectivity index (χ1v) is 13.0. The molecule has 2 atom stereocenters. The molecular formula is C22H27N5O4S. The van der Waals surface area contributed by atoms with E-state index in [9.17, 15) is 18.0 Å². The van der Waals surface area contributed by atoms with Crippen molar-refractivity contribution in [1.82, 2.24) is 19.5 Å². The lowest BCUT2D eigenvalue weighted by molar-refractivity contribution is -0.134. The van der Waals surface area contributed by atoms with Crippen molar-refractivity contribution in [2.75, 3.05) is 18.1 Å². The molecule has 3 aliphatic rings. The van der Waals surface area contributed by atoms with Crippen LogP contribution in [0.4, 0.5) is 0 Å². The maximum Gasteiger partial charge on any atom is 0.270 e. The Labute approximate surface area is 187 Å². The number of sulfone groups is 1. The van der Waals surface area contributed by atoms with Gasteiger partial charge >= 0.3 is 0 Å². The van der Waals surface area contributed by atoms with Gasteiger partial charge in [0.05, 0.1) is 34.6 Å². The number of aryl methyl sites for hydroxylation is 1. The van der Waals surface area contributed by atoms with Gasteiger partial charge in [-0.05, 0) is 37.8 Å². The number of para-hydroxylation sites is 2. The number of nitrogens with zero attached hydrogens (tertiary/aromatic N) is 5. The molecule has 2 aromatic rings. The van der Waals surface area contributed by atoms with E-state index in [1.54, 1.807) is 0 Å². The van der Waals surface area contributed by atoms with Gasteiger partial charge in [0.15, 0.2) is 9.84 Å². The molecule has 2 saturated heterocycles. The maximum atomic E-state index is 13.6. The second-order valence-corrected chi connectivity index (χ2v) is 11.1. The van der Waals surface area contributed by atoms with Crippen LogP contribution in [0.15, 0.2) is 29.4 Å². The van der Waals surface area contributed by atoms with Crippen molar-refractivity contribution in [1.29, 1.82) is 0 Å². The number of carbonyl (C=O) groups excluding carboxylic acids is 2. The number of imidazole rings is 1. The van der Waals surface area contributed by atoms with Gasteiger partial charge in [-0.25, -0.2) is 18.4 Å². The molecule has 1 aromatic carbocycles. The molecule has 9 nitrogen and oxygen atoms in total. The molecule has 32 heavy (non-hydrogen) atoms. The molecule has 170 valence electrons. The Balaban J connectivity index is 1.44. The molecule has 2 fully saturated rings. The predicted octanol–water partition coefficient (Wildman–Crippen LogP) is 1.79. The summed E-state index contributed by atoms with van der Waals surface area (Å²) in [5.41, 5.74) is 2.26. The van der Waals surface area contributed by atoms with Crippen LogP contribution in [0, 0.1) is 0 Å². The molecule has 0 saturated carbocycles. The van der Waals surface area contributed by atoms with Crippen LogP contribution in [-0.2, 0) is 26.5 Å². The normalized spacial score (nSPS) is 25.9. The molecule has 2 amide bonds. The third-order valence-electron chi connectivity index (χ3n) is 6.74. The second kappa shape index (κ2) is 7.99. The molecule has 5 rings (SSSR count). The molecule has 4 heterocycles. The Morgan fingerprint density at radius 3 is 2.69 bits per heavy atom. The SMILES string of the molecule is Cn1c(C2CCCCN2C(=O)C2=NN(C3CCS(=O)(=O)C3)C(=O)CC2)nc2ccccc21. The monoisotopic (exact) mass is 457 g/mol. The highest BCUT2D eigenvalue weighted by Gasteiger charge is 2.39. The number of hydrogen-bond acceptors (Lipinski definition) is 6. The number of hydrazone groups is 1. The van der Waals surface area contributed by atoms with Gasteiger partial charge in [0.25, 0.3) is 5.91 Å². The highest BCUT2D eigenvalue weighted by Crippen LogP contribution is 2.33. The maximum absolute atomic E-state index is 13.6. The van der Waals surface area contributed by atoms with Gasteiger partial charge in [-0.1, -0.05) is 12.1 Å². The summed E-state index contributed by atoms with van der Waals surface area (Å²) in [4.78, 5) is 32.7. The van der Waals surface area contributed by atoms with E-state index in [-0.39, 0.29) is 42.2 Å². The first-order valence-electron chi connectivity index (χ1n) is 11.2. The van der Waals surface area contributed by atoms with Gasteiger partial charge in [-0.2, -0.15) is 5.10 Å². The zero-order chi connectivity index (χ0) is 22.5. The fourth-order valence-corrected chi connectivity index (χ4v) is 6.74. The van der Waals surface area contributed by atoms with E-state index in [1.165, 1.54) is 5.01 Å². The predicted molar refractivity (Wildman–Crippen MR) is 120 cm³/mol. The van der Waals surface area contributed by atoms with Gasteiger partial charge in [-0.15, -0.1) is 0 Å². The van der Waals surface area contributed by atoms with E-state index >= 15 is 0 Å². The van der Waals surface area contributed by atoms with Crippen LogP contribution >= 0.6 is 0 Å². The average molecular weight is 458 g/mol. The van der Waals surface area contributed by atoms with Gasteiger partial charge < -0.3 is 9.47 Å². The summed E-state index contributed by atoms with van der Waals surface area (Å²) in [6.45, 7) is 0.609. The van der Waals surface area contributed by atoms with E-state index in [1.807, 2.05) is 40.8 Å². The number of aromatic nitrogens is 2. The Hall–Kier alpha value is -2.75. The van der Waals surface area contributed by atoms with E-state index in [2.05, 4.69) is 5.10 Å². The van der Waals surface area contributed by atoms with E-state index in [0.717, 1.165) is 36.1 Å². The number of rotatable bonds is 3. The zero-order valence-corrected chi connectivity index (χ0v) is 18.9. The number of fused-ring (bicyclic) bond motifs is 1. The Kier molecular flexibility index (Phi) is 5.27. The van der Waals surface area contributed by atoms with Crippen molar-refractivity contribution in [3.63, 3.8) is 0 Å². The fraction of sp³-hybridized carbons (Fsp3) is 0.545. The number of amides is 2. The largest absolute Gasteiger partial charge is 0.329 e. The molecule has 0 aliphatic carbocycles. The van der Waals surface area contributed by atoms with Crippen molar-refractivity contribution in [2.24, 2.45) is 12.1 Å². The third kappa shape index (κ3) is 3.70. The van der Waals surface area contributed by atoms with Crippen molar-refractivity contribution in [2.45, 2.75) is 50.6 Å². The molecule has 0 N–H and O–H groups in total. The lowest BCUT2D eigenvalue weighted by atomic mass is 9.99. The highest BCUT2D eigenvalue weighted by atomic mass is 32.2. The molecule has 1 aromatic heterocycles. The molecular weight excluding hydrogens is 430 g/mol. The minimum absolute atomic E-state index is 0.0567. The number of carbonyl (C=O) groups is 2. The average Bonchev–Trinajstić information content (AvgIpc) is 3.33. The summed E-state index contributed by atoms with van der Waals surface area (Å²) < 4.78 is 25.8. The third-order valence-corrected chi connectivity index (χ3v) is 8.49. The van der Waals surface area contributed by atoms with Crippen LogP contribution in [-0.4, -0.2) is 69.5 Å². The van der Waals surface area contributed by atoms with Gasteiger partial charge in [-0.3, -0.25) is 9.59 Å². The summed E-state index contributed by atoms with van der Waals surface area (Å²) in [5, 5.41) is 5.66. The van der Waals surface area contributed by atoms with Crippen LogP contribution in [0.2, 0.25) is 0 Å². The standard InChI is InChI=1S/C22H27N5O4S/c1-25-18-7-3-2-6-16(18)23-21(25)19-8-4-5-12-26(19)22(29)17-9-10-20(28)27(24-17)15-11-13-32(30,31)14-15/h2-3,6-7,15,19H,4-5,8-14H2,1H3. The van der Waals surface area contributed by atoms with Gasteiger partial charge in [0.1, 0.15) is 11.5 Å². The van der Waals surface area contributed by atoms with Crippen molar-refractivity contribution >= 4 is 38.4 Å². The summed E-state index contributed by atoms with van der Waals surface area (Å²) in [5.74, 6) is 0.427. The Morgan fingerprint density at radius 1 is 1.12 bits per heavy atom. The number of hydrogen-bond donors (Lipinski definition) is 0. The Morgan fingerprint density at radius 2 is 1.94 bits per heavy atom. The van der Waals surface area contributed by atoms with Crippen LogP contribution in [0.3, 0.4) is 0 Å². The molecule has 0 spiro atoms. The zero-order valence-electron chi connectivity index (χ0n) is 18.1. The van der Waals surface area contributed by atoms with Gasteiger partial charge in [0, 0.05) is 26.4 Å². The lowest BCUT2D eigenvalue weighted by Crippen LogP contribution is -2.47. The molecule has 0 radical (unpaired) electrons. The quantitative estimate of drug-likeness (QED) is 0.699. The van der Waals surface area contributed by atoms with Crippen LogP contribution < -0.4 is 0 Å². The van der Waals surface area contributed by atoms with Crippen LogP contribution in [0.5, 0.6) is 0 Å².